The van der Waals surface area contributed by atoms with Crippen LogP contribution in [0.25, 0.3) is 0 Å². The summed E-state index contributed by atoms with van der Waals surface area (Å²) < 4.78 is 16.6. The van der Waals surface area contributed by atoms with Gasteiger partial charge in [-0.05, 0) is 17.7 Å². The normalized spacial score (nSPS) is 16.5. The summed E-state index contributed by atoms with van der Waals surface area (Å²) in [6.45, 7) is 2.41. The number of hydrogen-bond donors (Lipinski definition) is 1. The average molecular weight is 293 g/mol. The molecule has 1 fully saturated rings. The van der Waals surface area contributed by atoms with E-state index in [2.05, 4.69) is 16.7 Å². The van der Waals surface area contributed by atoms with E-state index in [0.29, 0.717) is 0 Å². The van der Waals surface area contributed by atoms with Crippen LogP contribution >= 0.6 is 0 Å². The summed E-state index contributed by atoms with van der Waals surface area (Å²) in [7, 11) is 0.966. The lowest BCUT2D eigenvalue weighted by Crippen LogP contribution is -2.37. The van der Waals surface area contributed by atoms with Gasteiger partial charge < -0.3 is 9.84 Å². The van der Waals surface area contributed by atoms with Crippen LogP contribution in [0.3, 0.4) is 0 Å². The van der Waals surface area contributed by atoms with Gasteiger partial charge in [-0.25, -0.2) is 0 Å². The molecule has 108 valence electrons. The third kappa shape index (κ3) is 4.07. The highest BCUT2D eigenvalue weighted by molar-refractivity contribution is 7.85. The zero-order valence-corrected chi connectivity index (χ0v) is 12.4. The van der Waals surface area contributed by atoms with Gasteiger partial charge in [0, 0.05) is 41.9 Å². The second-order valence-electron chi connectivity index (χ2n) is 4.62. The van der Waals surface area contributed by atoms with Gasteiger partial charge >= 0.3 is 0 Å². The molecule has 1 aliphatic heterocycles. The molecule has 0 amide bonds. The van der Waals surface area contributed by atoms with Crippen molar-refractivity contribution in [3.8, 4) is 17.6 Å². The van der Waals surface area contributed by atoms with Crippen LogP contribution in [-0.2, 0) is 17.3 Å². The van der Waals surface area contributed by atoms with Crippen molar-refractivity contribution in [2.75, 3.05) is 38.3 Å². The second kappa shape index (κ2) is 7.44. The summed E-state index contributed by atoms with van der Waals surface area (Å²) >= 11 is 0. The second-order valence-corrected chi connectivity index (χ2v) is 6.31. The predicted octanol–water partition coefficient (Wildman–Crippen LogP) is 0.603. The maximum absolute atomic E-state index is 11.3. The van der Waals surface area contributed by atoms with E-state index in [1.165, 1.54) is 0 Å². The molecule has 0 spiro atoms. The van der Waals surface area contributed by atoms with Gasteiger partial charge in [-0.2, -0.15) is 0 Å². The third-order valence-electron chi connectivity index (χ3n) is 3.24. The van der Waals surface area contributed by atoms with E-state index in [1.807, 2.05) is 18.2 Å². The number of ether oxygens (including phenoxy) is 1. The molecule has 1 aromatic carbocycles. The van der Waals surface area contributed by atoms with E-state index in [1.54, 1.807) is 7.11 Å². The number of aliphatic hydroxyl groups excluding tert-OH is 1. The highest BCUT2D eigenvalue weighted by Crippen LogP contribution is 2.20. The van der Waals surface area contributed by atoms with E-state index in [9.17, 15) is 4.21 Å². The van der Waals surface area contributed by atoms with Crippen molar-refractivity contribution in [2.45, 2.75) is 6.54 Å². The molecule has 2 rings (SSSR count). The van der Waals surface area contributed by atoms with Crippen LogP contribution in [0.5, 0.6) is 5.75 Å². The lowest BCUT2D eigenvalue weighted by molar-refractivity contribution is 0.291. The van der Waals surface area contributed by atoms with Crippen LogP contribution in [0, 0.1) is 11.8 Å². The van der Waals surface area contributed by atoms with Crippen LogP contribution < -0.4 is 4.74 Å². The number of rotatable bonds is 3. The van der Waals surface area contributed by atoms with Crippen molar-refractivity contribution in [2.24, 2.45) is 0 Å². The Balaban J connectivity index is 2.10. The summed E-state index contributed by atoms with van der Waals surface area (Å²) in [6.07, 6.45) is 0. The molecule has 0 aromatic heterocycles. The van der Waals surface area contributed by atoms with Gasteiger partial charge in [0.15, 0.2) is 0 Å². The average Bonchev–Trinajstić information content (AvgIpc) is 2.47. The standard InChI is InChI=1S/C15H19NO3S/c1-19-15-5-4-13(11-14(15)3-2-8-17)12-16-6-9-20(18)10-7-16/h4-5,11,17H,6-10,12H2,1H3. The maximum atomic E-state index is 11.3. The number of nitrogens with zero attached hydrogens (tertiary/aromatic N) is 1. The van der Waals surface area contributed by atoms with E-state index in [-0.39, 0.29) is 6.61 Å². The Morgan fingerprint density at radius 3 is 2.80 bits per heavy atom. The number of aliphatic hydroxyl groups is 1. The van der Waals surface area contributed by atoms with E-state index in [4.69, 9.17) is 9.84 Å². The molecule has 20 heavy (non-hydrogen) atoms. The molecule has 5 heteroatoms. The first-order valence-electron chi connectivity index (χ1n) is 6.57. The van der Waals surface area contributed by atoms with Gasteiger partial charge in [0.2, 0.25) is 0 Å². The van der Waals surface area contributed by atoms with Crippen molar-refractivity contribution in [3.63, 3.8) is 0 Å². The molecular formula is C15H19NO3S. The molecule has 0 unspecified atom stereocenters. The fraction of sp³-hybridized carbons (Fsp3) is 0.467. The van der Waals surface area contributed by atoms with Crippen LogP contribution in [0.2, 0.25) is 0 Å². The smallest absolute Gasteiger partial charge is 0.134 e. The maximum Gasteiger partial charge on any atom is 0.134 e. The summed E-state index contributed by atoms with van der Waals surface area (Å²) in [5.41, 5.74) is 1.94. The highest BCUT2D eigenvalue weighted by Gasteiger charge is 2.15. The molecule has 0 bridgehead atoms. The Kier molecular flexibility index (Phi) is 5.60. The molecule has 0 atom stereocenters. The van der Waals surface area contributed by atoms with Gasteiger partial charge in [-0.1, -0.05) is 17.9 Å². The lowest BCUT2D eigenvalue weighted by atomic mass is 10.1. The SMILES string of the molecule is COc1ccc(CN2CCS(=O)CC2)cc1C#CCO. The minimum atomic E-state index is -0.644. The quantitative estimate of drug-likeness (QED) is 0.829. The topological polar surface area (TPSA) is 49.8 Å². The molecule has 1 aromatic rings. The number of hydrogen-bond acceptors (Lipinski definition) is 4. The first-order valence-corrected chi connectivity index (χ1v) is 8.05. The Hall–Kier alpha value is -1.35. The van der Waals surface area contributed by atoms with Gasteiger partial charge in [0.1, 0.15) is 12.4 Å². The fourth-order valence-electron chi connectivity index (χ4n) is 2.18. The molecule has 4 nitrogen and oxygen atoms in total. The van der Waals surface area contributed by atoms with Gasteiger partial charge in [-0.3, -0.25) is 9.11 Å². The zero-order chi connectivity index (χ0) is 14.4. The van der Waals surface area contributed by atoms with Crippen LogP contribution in [0.1, 0.15) is 11.1 Å². The summed E-state index contributed by atoms with van der Waals surface area (Å²) in [5.74, 6) is 7.79. The molecule has 1 aliphatic rings. The van der Waals surface area contributed by atoms with Crippen molar-refractivity contribution in [1.82, 2.24) is 4.90 Å². The summed E-state index contributed by atoms with van der Waals surface area (Å²) in [5, 5.41) is 8.79. The fourth-order valence-corrected chi connectivity index (χ4v) is 3.31. The molecule has 1 saturated heterocycles. The van der Waals surface area contributed by atoms with Gasteiger partial charge in [-0.15, -0.1) is 0 Å². The predicted molar refractivity (Wildman–Crippen MR) is 80.1 cm³/mol. The molecule has 0 aliphatic carbocycles. The van der Waals surface area contributed by atoms with Crippen molar-refractivity contribution < 1.29 is 14.1 Å². The van der Waals surface area contributed by atoms with Gasteiger partial charge in [0.05, 0.1) is 12.7 Å². The monoisotopic (exact) mass is 293 g/mol. The van der Waals surface area contributed by atoms with Crippen LogP contribution in [0.15, 0.2) is 18.2 Å². The Morgan fingerprint density at radius 2 is 2.15 bits per heavy atom. The Morgan fingerprint density at radius 1 is 1.40 bits per heavy atom. The molecule has 0 radical (unpaired) electrons. The molecular weight excluding hydrogens is 274 g/mol. The van der Waals surface area contributed by atoms with Crippen molar-refractivity contribution >= 4 is 10.8 Å². The molecule has 1 heterocycles. The Bertz CT molecular complexity index is 538. The van der Waals surface area contributed by atoms with E-state index < -0.39 is 10.8 Å². The van der Waals surface area contributed by atoms with Crippen molar-refractivity contribution in [1.29, 1.82) is 0 Å². The third-order valence-corrected chi connectivity index (χ3v) is 4.52. The van der Waals surface area contributed by atoms with E-state index in [0.717, 1.165) is 48.0 Å². The van der Waals surface area contributed by atoms with Crippen LogP contribution in [-0.4, -0.2) is 52.5 Å². The molecule has 1 N–H and O–H groups in total. The molecule has 0 saturated carbocycles. The summed E-state index contributed by atoms with van der Waals surface area (Å²) in [4.78, 5) is 2.30. The number of methoxy groups -OCH3 is 1. The first kappa shape index (κ1) is 15.0. The zero-order valence-electron chi connectivity index (χ0n) is 11.6. The van der Waals surface area contributed by atoms with E-state index >= 15 is 0 Å². The summed E-state index contributed by atoms with van der Waals surface area (Å²) in [6, 6.07) is 5.92. The van der Waals surface area contributed by atoms with Gasteiger partial charge in [0.25, 0.3) is 0 Å². The van der Waals surface area contributed by atoms with Crippen LogP contribution in [0.4, 0.5) is 0 Å². The van der Waals surface area contributed by atoms with Crippen molar-refractivity contribution in [3.05, 3.63) is 29.3 Å². The largest absolute Gasteiger partial charge is 0.495 e. The minimum absolute atomic E-state index is 0.161. The lowest BCUT2D eigenvalue weighted by Gasteiger charge is -2.26. The first-order chi connectivity index (χ1) is 9.72. The number of benzene rings is 1. The minimum Gasteiger partial charge on any atom is -0.495 e. The highest BCUT2D eigenvalue weighted by atomic mass is 32.2. The Labute approximate surface area is 122 Å².